The number of rotatable bonds is 2. The molecule has 1 rings (SSSR count). The lowest BCUT2D eigenvalue weighted by molar-refractivity contribution is -0.275. The molecule has 0 bridgehead atoms. The zero-order chi connectivity index (χ0) is 10.8. The van der Waals surface area contributed by atoms with E-state index in [0.29, 0.717) is 12.3 Å². The fraction of sp³-hybridized carbons (Fsp3) is 0.286. The van der Waals surface area contributed by atoms with Gasteiger partial charge in [-0.2, -0.15) is 0 Å². The monoisotopic (exact) mass is 211 g/mol. The van der Waals surface area contributed by atoms with Crippen molar-refractivity contribution in [3.05, 3.63) is 23.8 Å². The van der Waals surface area contributed by atoms with Crippen LogP contribution >= 0.6 is 0 Å². The van der Waals surface area contributed by atoms with Gasteiger partial charge in [-0.05, 0) is 0 Å². The summed E-state index contributed by atoms with van der Waals surface area (Å²) in [6, 6.07) is 0.668. The van der Waals surface area contributed by atoms with Crippen LogP contribution in [0.4, 0.5) is 17.6 Å². The quantitative estimate of drug-likeness (QED) is 0.755. The minimum atomic E-state index is -4.96. The molecule has 0 unspecified atom stereocenters. The normalized spacial score (nSPS) is 11.5. The number of aliphatic hydroxyl groups is 1. The molecule has 0 saturated carbocycles. The van der Waals surface area contributed by atoms with Gasteiger partial charge in [0.15, 0.2) is 11.6 Å². The van der Waals surface area contributed by atoms with Gasteiger partial charge < -0.3 is 9.84 Å². The third-order valence-corrected chi connectivity index (χ3v) is 1.26. The second kappa shape index (κ2) is 3.79. The second-order valence-corrected chi connectivity index (χ2v) is 2.31. The maximum Gasteiger partial charge on any atom is 0.573 e. The van der Waals surface area contributed by atoms with Crippen molar-refractivity contribution in [3.63, 3.8) is 0 Å². The van der Waals surface area contributed by atoms with E-state index in [4.69, 9.17) is 5.11 Å². The SMILES string of the molecule is OCc1cc(F)c(OC(F)(F)F)cn1. The fourth-order valence-electron chi connectivity index (χ4n) is 0.744. The molecule has 0 atom stereocenters. The Balaban J connectivity index is 2.89. The summed E-state index contributed by atoms with van der Waals surface area (Å²) in [5, 5.41) is 8.49. The summed E-state index contributed by atoms with van der Waals surface area (Å²) >= 11 is 0. The maximum absolute atomic E-state index is 12.8. The molecule has 1 aromatic rings. The highest BCUT2D eigenvalue weighted by Crippen LogP contribution is 2.24. The van der Waals surface area contributed by atoms with E-state index in [9.17, 15) is 17.6 Å². The van der Waals surface area contributed by atoms with Crippen molar-refractivity contribution in [2.24, 2.45) is 0 Å². The van der Waals surface area contributed by atoms with Crippen molar-refractivity contribution < 1.29 is 27.4 Å². The summed E-state index contributed by atoms with van der Waals surface area (Å²) in [5.74, 6) is -2.24. The molecular weight excluding hydrogens is 206 g/mol. The van der Waals surface area contributed by atoms with Crippen LogP contribution in [0.25, 0.3) is 0 Å². The molecule has 0 radical (unpaired) electrons. The Kier molecular flexibility index (Phi) is 2.90. The molecule has 7 heteroatoms. The molecule has 14 heavy (non-hydrogen) atoms. The molecule has 0 aromatic carbocycles. The summed E-state index contributed by atoms with van der Waals surface area (Å²) in [5.41, 5.74) is -0.0722. The van der Waals surface area contributed by atoms with Crippen LogP contribution < -0.4 is 4.74 Å². The number of alkyl halides is 3. The molecule has 0 fully saturated rings. The molecule has 3 nitrogen and oxygen atoms in total. The zero-order valence-electron chi connectivity index (χ0n) is 6.68. The number of aliphatic hydroxyl groups excluding tert-OH is 1. The van der Waals surface area contributed by atoms with Gasteiger partial charge in [0.1, 0.15) is 0 Å². The number of halogens is 4. The van der Waals surface area contributed by atoms with Crippen molar-refractivity contribution >= 4 is 0 Å². The Bertz CT molecular complexity index is 326. The highest BCUT2D eigenvalue weighted by molar-refractivity contribution is 5.22. The fourth-order valence-corrected chi connectivity index (χ4v) is 0.744. The van der Waals surface area contributed by atoms with Crippen molar-refractivity contribution in [1.29, 1.82) is 0 Å². The second-order valence-electron chi connectivity index (χ2n) is 2.31. The molecule has 0 aliphatic rings. The first-order chi connectivity index (χ1) is 6.42. The van der Waals surface area contributed by atoms with Gasteiger partial charge >= 0.3 is 6.36 Å². The van der Waals surface area contributed by atoms with Crippen LogP contribution in [-0.2, 0) is 6.61 Å². The number of hydrogen-bond acceptors (Lipinski definition) is 3. The minimum Gasteiger partial charge on any atom is -0.401 e. The van der Waals surface area contributed by atoms with Crippen LogP contribution in [-0.4, -0.2) is 16.5 Å². The summed E-state index contributed by atoms with van der Waals surface area (Å²) in [7, 11) is 0. The van der Waals surface area contributed by atoms with E-state index in [-0.39, 0.29) is 5.69 Å². The van der Waals surface area contributed by atoms with Crippen LogP contribution in [0.3, 0.4) is 0 Å². The number of pyridine rings is 1. The van der Waals surface area contributed by atoms with E-state index in [1.807, 2.05) is 0 Å². The van der Waals surface area contributed by atoms with Crippen LogP contribution in [0.15, 0.2) is 12.3 Å². The standard InChI is InChI=1S/C7H5F4NO2/c8-5-1-4(3-13)12-2-6(5)14-7(9,10)11/h1-2,13H,3H2. The Labute approximate surface area is 76.0 Å². The molecule has 1 aromatic heterocycles. The van der Waals surface area contributed by atoms with E-state index in [2.05, 4.69) is 9.72 Å². The smallest absolute Gasteiger partial charge is 0.401 e. The van der Waals surface area contributed by atoms with Gasteiger partial charge in [-0.3, -0.25) is 4.98 Å². The lowest BCUT2D eigenvalue weighted by atomic mass is 10.3. The topological polar surface area (TPSA) is 42.4 Å². The minimum absolute atomic E-state index is 0.0722. The van der Waals surface area contributed by atoms with Gasteiger partial charge in [-0.15, -0.1) is 13.2 Å². The summed E-state index contributed by atoms with van der Waals surface area (Å²) < 4.78 is 51.0. The maximum atomic E-state index is 12.8. The average molecular weight is 211 g/mol. The van der Waals surface area contributed by atoms with Gasteiger partial charge in [0, 0.05) is 6.07 Å². The van der Waals surface area contributed by atoms with Crippen molar-refractivity contribution in [2.45, 2.75) is 13.0 Å². The summed E-state index contributed by atoms with van der Waals surface area (Å²) in [6.45, 7) is -0.552. The number of nitrogens with zero attached hydrogens (tertiary/aromatic N) is 1. The summed E-state index contributed by atoms with van der Waals surface area (Å²) in [6.07, 6.45) is -4.39. The zero-order valence-corrected chi connectivity index (χ0v) is 6.68. The highest BCUT2D eigenvalue weighted by atomic mass is 19.4. The molecule has 0 aliphatic carbocycles. The summed E-state index contributed by atoms with van der Waals surface area (Å²) in [4.78, 5) is 3.33. The van der Waals surface area contributed by atoms with Gasteiger partial charge in [0.2, 0.25) is 0 Å². The molecule has 1 N–H and O–H groups in total. The lowest BCUT2D eigenvalue weighted by Gasteiger charge is -2.09. The highest BCUT2D eigenvalue weighted by Gasteiger charge is 2.32. The van der Waals surface area contributed by atoms with Crippen molar-refractivity contribution in [1.82, 2.24) is 4.98 Å². The Morgan fingerprint density at radius 1 is 1.43 bits per heavy atom. The van der Waals surface area contributed by atoms with Crippen LogP contribution in [0.1, 0.15) is 5.69 Å². The molecular formula is C7H5F4NO2. The first-order valence-corrected chi connectivity index (χ1v) is 3.43. The Hall–Kier alpha value is -1.37. The molecule has 1 heterocycles. The first-order valence-electron chi connectivity index (χ1n) is 3.43. The van der Waals surface area contributed by atoms with Crippen LogP contribution in [0, 0.1) is 5.82 Å². The van der Waals surface area contributed by atoms with E-state index in [0.717, 1.165) is 0 Å². The Morgan fingerprint density at radius 3 is 2.50 bits per heavy atom. The number of hydrogen-bond donors (Lipinski definition) is 1. The van der Waals surface area contributed by atoms with Gasteiger partial charge in [0.25, 0.3) is 0 Å². The van der Waals surface area contributed by atoms with Gasteiger partial charge in [-0.1, -0.05) is 0 Å². The Morgan fingerprint density at radius 2 is 2.07 bits per heavy atom. The van der Waals surface area contributed by atoms with Gasteiger partial charge in [0.05, 0.1) is 18.5 Å². The van der Waals surface area contributed by atoms with E-state index in [1.54, 1.807) is 0 Å². The van der Waals surface area contributed by atoms with Crippen molar-refractivity contribution in [3.8, 4) is 5.75 Å². The predicted molar refractivity (Wildman–Crippen MR) is 36.8 cm³/mol. The number of aromatic nitrogens is 1. The van der Waals surface area contributed by atoms with Crippen LogP contribution in [0.5, 0.6) is 5.75 Å². The number of ether oxygens (including phenoxy) is 1. The third-order valence-electron chi connectivity index (χ3n) is 1.26. The van der Waals surface area contributed by atoms with Gasteiger partial charge in [-0.25, -0.2) is 4.39 Å². The third kappa shape index (κ3) is 2.84. The molecule has 78 valence electrons. The first kappa shape index (κ1) is 10.7. The average Bonchev–Trinajstić information content (AvgIpc) is 2.06. The lowest BCUT2D eigenvalue weighted by Crippen LogP contribution is -2.18. The molecule has 0 aliphatic heterocycles. The molecule has 0 amide bonds. The molecule has 0 saturated heterocycles. The largest absolute Gasteiger partial charge is 0.573 e. The molecule has 0 spiro atoms. The van der Waals surface area contributed by atoms with E-state index >= 15 is 0 Å². The van der Waals surface area contributed by atoms with Crippen molar-refractivity contribution in [2.75, 3.05) is 0 Å². The predicted octanol–water partition coefficient (Wildman–Crippen LogP) is 1.61. The van der Waals surface area contributed by atoms with E-state index < -0.39 is 24.5 Å². The van der Waals surface area contributed by atoms with Crippen LogP contribution in [0.2, 0.25) is 0 Å². The van der Waals surface area contributed by atoms with E-state index in [1.165, 1.54) is 0 Å².